The van der Waals surface area contributed by atoms with Gasteiger partial charge in [0.1, 0.15) is 5.69 Å². The lowest BCUT2D eigenvalue weighted by Gasteiger charge is -2.32. The molecule has 1 aliphatic rings. The summed E-state index contributed by atoms with van der Waals surface area (Å²) in [5.41, 5.74) is 3.58. The third kappa shape index (κ3) is 3.51. The highest BCUT2D eigenvalue weighted by molar-refractivity contribution is 5.92. The van der Waals surface area contributed by atoms with Crippen molar-refractivity contribution in [1.82, 2.24) is 29.6 Å². The number of aromatic nitrogens is 5. The molecule has 1 N–H and O–H groups in total. The molecule has 0 unspecified atom stereocenters. The van der Waals surface area contributed by atoms with E-state index in [4.69, 9.17) is 0 Å². The minimum Gasteiger partial charge on any atom is -0.346 e. The quantitative estimate of drug-likeness (QED) is 0.583. The topological polar surface area (TPSA) is 79.7 Å². The monoisotopic (exact) mass is 386 g/mol. The van der Waals surface area contributed by atoms with Gasteiger partial charge in [0.25, 0.3) is 5.91 Å². The Morgan fingerprint density at radius 2 is 2.03 bits per heavy atom. The summed E-state index contributed by atoms with van der Waals surface area (Å²) >= 11 is 0. The Morgan fingerprint density at radius 3 is 2.79 bits per heavy atom. The zero-order valence-corrected chi connectivity index (χ0v) is 16.0. The van der Waals surface area contributed by atoms with Crippen LogP contribution in [0.1, 0.15) is 23.3 Å². The van der Waals surface area contributed by atoms with Crippen LogP contribution in [0.25, 0.3) is 22.2 Å². The van der Waals surface area contributed by atoms with E-state index in [0.717, 1.165) is 49.2 Å². The van der Waals surface area contributed by atoms with Gasteiger partial charge in [0.2, 0.25) is 0 Å². The van der Waals surface area contributed by atoms with Crippen molar-refractivity contribution in [3.63, 3.8) is 0 Å². The lowest BCUT2D eigenvalue weighted by atomic mass is 9.96. The van der Waals surface area contributed by atoms with Crippen molar-refractivity contribution in [3.05, 3.63) is 67.0 Å². The Bertz CT molecular complexity index is 1110. The van der Waals surface area contributed by atoms with Crippen LogP contribution in [-0.4, -0.2) is 48.6 Å². The van der Waals surface area contributed by atoms with Gasteiger partial charge in [-0.25, -0.2) is 0 Å². The largest absolute Gasteiger partial charge is 0.346 e. The first-order valence-electron chi connectivity index (χ1n) is 9.92. The average Bonchev–Trinajstić information content (AvgIpc) is 3.45. The summed E-state index contributed by atoms with van der Waals surface area (Å²) in [7, 11) is 0. The number of nitrogens with one attached hydrogen (secondary N) is 1. The number of pyridine rings is 2. The maximum Gasteiger partial charge on any atom is 0.272 e. The van der Waals surface area contributed by atoms with Gasteiger partial charge in [-0.15, -0.1) is 0 Å². The molecule has 0 atom stereocenters. The van der Waals surface area contributed by atoms with Crippen LogP contribution in [0, 0.1) is 5.92 Å². The lowest BCUT2D eigenvalue weighted by molar-refractivity contribution is 0.0677. The summed E-state index contributed by atoms with van der Waals surface area (Å²) in [5, 5.41) is 8.01. The highest BCUT2D eigenvalue weighted by Crippen LogP contribution is 2.25. The molecular formula is C22H22N6O. The predicted molar refractivity (Wildman–Crippen MR) is 110 cm³/mol. The molecule has 29 heavy (non-hydrogen) atoms. The molecule has 0 aromatic carbocycles. The van der Waals surface area contributed by atoms with Crippen molar-refractivity contribution >= 4 is 16.8 Å². The van der Waals surface area contributed by atoms with E-state index in [2.05, 4.69) is 43.1 Å². The fourth-order valence-electron chi connectivity index (χ4n) is 4.04. The van der Waals surface area contributed by atoms with Crippen molar-refractivity contribution in [2.75, 3.05) is 13.1 Å². The first kappa shape index (κ1) is 17.6. The second-order valence-corrected chi connectivity index (χ2v) is 7.53. The van der Waals surface area contributed by atoms with Crippen molar-refractivity contribution in [3.8, 4) is 11.3 Å². The second kappa shape index (κ2) is 7.50. The van der Waals surface area contributed by atoms with Gasteiger partial charge in [0.15, 0.2) is 0 Å². The van der Waals surface area contributed by atoms with E-state index in [1.54, 1.807) is 18.5 Å². The zero-order chi connectivity index (χ0) is 19.6. The molecule has 7 nitrogen and oxygen atoms in total. The molecule has 4 aromatic heterocycles. The third-order valence-corrected chi connectivity index (χ3v) is 5.69. The summed E-state index contributed by atoms with van der Waals surface area (Å²) in [5.74, 6) is 0.582. The minimum absolute atomic E-state index is 0.0337. The maximum atomic E-state index is 12.6. The van der Waals surface area contributed by atoms with Crippen molar-refractivity contribution in [2.24, 2.45) is 5.92 Å². The highest BCUT2D eigenvalue weighted by atomic mass is 16.2. The van der Waals surface area contributed by atoms with Gasteiger partial charge in [-0.05, 0) is 43.0 Å². The second-order valence-electron chi connectivity index (χ2n) is 7.53. The number of aromatic amines is 1. The number of carbonyl (C=O) groups is 1. The third-order valence-electron chi connectivity index (χ3n) is 5.69. The number of fused-ring (bicyclic) bond motifs is 1. The molecule has 0 radical (unpaired) electrons. The molecule has 5 heterocycles. The van der Waals surface area contributed by atoms with Crippen LogP contribution in [0.4, 0.5) is 0 Å². The minimum atomic E-state index is 0.0337. The van der Waals surface area contributed by atoms with Crippen LogP contribution in [0.5, 0.6) is 0 Å². The van der Waals surface area contributed by atoms with Crippen molar-refractivity contribution in [1.29, 1.82) is 0 Å². The van der Waals surface area contributed by atoms with Gasteiger partial charge in [-0.3, -0.25) is 19.9 Å². The summed E-state index contributed by atoms with van der Waals surface area (Å²) in [6.45, 7) is 2.51. The van der Waals surface area contributed by atoms with Crippen molar-refractivity contribution in [2.45, 2.75) is 19.4 Å². The SMILES string of the molecule is O=C(c1ccccn1)N1CCC(Cn2ccc3cc(-c4cn[nH]c4)ncc32)CC1. The normalized spacial score (nSPS) is 15.1. The van der Waals surface area contributed by atoms with Gasteiger partial charge in [-0.2, -0.15) is 5.10 Å². The number of carbonyl (C=O) groups excluding carboxylic acids is 1. The van der Waals surface area contributed by atoms with Gasteiger partial charge < -0.3 is 9.47 Å². The molecule has 4 aromatic rings. The summed E-state index contributed by atoms with van der Waals surface area (Å²) < 4.78 is 2.28. The number of likely N-dealkylation sites (tertiary alicyclic amines) is 1. The fourth-order valence-corrected chi connectivity index (χ4v) is 4.04. The first-order valence-corrected chi connectivity index (χ1v) is 9.92. The summed E-state index contributed by atoms with van der Waals surface area (Å²) in [4.78, 5) is 23.3. The maximum absolute atomic E-state index is 12.6. The van der Waals surface area contributed by atoms with Crippen LogP contribution in [0.2, 0.25) is 0 Å². The van der Waals surface area contributed by atoms with Crippen LogP contribution in [0.3, 0.4) is 0 Å². The van der Waals surface area contributed by atoms with Crippen LogP contribution < -0.4 is 0 Å². The molecule has 0 spiro atoms. The number of rotatable bonds is 4. The molecule has 1 aliphatic heterocycles. The van der Waals surface area contributed by atoms with Gasteiger partial charge in [0.05, 0.1) is 23.6 Å². The molecule has 146 valence electrons. The van der Waals surface area contributed by atoms with E-state index in [-0.39, 0.29) is 5.91 Å². The Balaban J connectivity index is 1.25. The standard InChI is InChI=1S/C22H22N6O/c29-22(19-3-1-2-7-23-19)27-8-4-16(5-9-27)15-28-10-6-17-11-20(24-14-21(17)28)18-12-25-26-13-18/h1-3,6-7,10-14,16H,4-5,8-9,15H2,(H,25,26). The van der Waals surface area contributed by atoms with Gasteiger partial charge in [-0.1, -0.05) is 6.07 Å². The Hall–Kier alpha value is -3.48. The highest BCUT2D eigenvalue weighted by Gasteiger charge is 2.24. The molecular weight excluding hydrogens is 364 g/mol. The summed E-state index contributed by atoms with van der Waals surface area (Å²) in [6.07, 6.45) is 11.4. The molecule has 1 fully saturated rings. The molecule has 0 aliphatic carbocycles. The lowest BCUT2D eigenvalue weighted by Crippen LogP contribution is -2.39. The van der Waals surface area contributed by atoms with Crippen LogP contribution >= 0.6 is 0 Å². The fraction of sp³-hybridized carbons (Fsp3) is 0.273. The molecule has 7 heteroatoms. The molecule has 0 saturated carbocycles. The van der Waals surface area contributed by atoms with E-state index >= 15 is 0 Å². The number of nitrogens with zero attached hydrogens (tertiary/aromatic N) is 5. The van der Waals surface area contributed by atoms with Gasteiger partial charge >= 0.3 is 0 Å². The number of piperidine rings is 1. The predicted octanol–water partition coefficient (Wildman–Crippen LogP) is 3.37. The number of hydrogen-bond acceptors (Lipinski definition) is 4. The van der Waals surface area contributed by atoms with E-state index < -0.39 is 0 Å². The molecule has 0 bridgehead atoms. The smallest absolute Gasteiger partial charge is 0.272 e. The first-order chi connectivity index (χ1) is 14.3. The average molecular weight is 386 g/mol. The van der Waals surface area contributed by atoms with Crippen LogP contribution in [-0.2, 0) is 6.54 Å². The van der Waals surface area contributed by atoms with Crippen LogP contribution in [0.15, 0.2) is 61.3 Å². The van der Waals surface area contributed by atoms with E-state index in [1.165, 1.54) is 5.39 Å². The van der Waals surface area contributed by atoms with Gasteiger partial charge in [0, 0.05) is 49.2 Å². The number of H-pyrrole nitrogens is 1. The number of amides is 1. The molecule has 1 amide bonds. The Kier molecular flexibility index (Phi) is 4.56. The summed E-state index contributed by atoms with van der Waals surface area (Å²) in [6, 6.07) is 9.71. The number of hydrogen-bond donors (Lipinski definition) is 1. The Morgan fingerprint density at radius 1 is 1.14 bits per heavy atom. The van der Waals surface area contributed by atoms with E-state index in [9.17, 15) is 4.79 Å². The van der Waals surface area contributed by atoms with E-state index in [0.29, 0.717) is 11.6 Å². The van der Waals surface area contributed by atoms with E-state index in [1.807, 2.05) is 29.4 Å². The Labute approximate surface area is 168 Å². The molecule has 1 saturated heterocycles. The van der Waals surface area contributed by atoms with Crippen molar-refractivity contribution < 1.29 is 4.79 Å². The zero-order valence-electron chi connectivity index (χ0n) is 16.0. The molecule has 5 rings (SSSR count).